The maximum Gasteiger partial charge on any atom is 0.136 e. The van der Waals surface area contributed by atoms with Crippen LogP contribution in [0.15, 0.2) is 0 Å². The predicted molar refractivity (Wildman–Crippen MR) is 51.2 cm³/mol. The second-order valence-corrected chi connectivity index (χ2v) is 2.55. The van der Waals surface area contributed by atoms with E-state index < -0.39 is 0 Å². The molecule has 1 aliphatic heterocycles. The fraction of sp³-hybridized carbons (Fsp3) is 0.889. The summed E-state index contributed by atoms with van der Waals surface area (Å²) in [4.78, 5) is 9.94. The molecule has 1 fully saturated rings. The molecule has 1 saturated heterocycles. The van der Waals surface area contributed by atoms with Gasteiger partial charge in [-0.2, -0.15) is 0 Å². The van der Waals surface area contributed by atoms with Crippen molar-refractivity contribution in [1.82, 2.24) is 5.32 Å². The Morgan fingerprint density at radius 3 is 2.17 bits per heavy atom. The van der Waals surface area contributed by atoms with Crippen LogP contribution in [0.3, 0.4) is 0 Å². The van der Waals surface area contributed by atoms with E-state index in [1.807, 2.05) is 0 Å². The molecule has 1 atom stereocenters. The normalized spacial score (nSPS) is 19.8. The molecule has 0 bridgehead atoms. The van der Waals surface area contributed by atoms with Crippen LogP contribution in [0.4, 0.5) is 0 Å². The van der Waals surface area contributed by atoms with Crippen molar-refractivity contribution in [2.24, 2.45) is 0 Å². The van der Waals surface area contributed by atoms with Crippen molar-refractivity contribution < 1.29 is 9.90 Å². The van der Waals surface area contributed by atoms with Gasteiger partial charge in [0.2, 0.25) is 0 Å². The van der Waals surface area contributed by atoms with E-state index in [4.69, 9.17) is 5.11 Å². The van der Waals surface area contributed by atoms with E-state index in [-0.39, 0.29) is 6.04 Å². The van der Waals surface area contributed by atoms with Crippen LogP contribution in [0.2, 0.25) is 0 Å². The van der Waals surface area contributed by atoms with Gasteiger partial charge in [0.05, 0.1) is 6.04 Å². The molecular formula is C9H21NO2. The Kier molecular flexibility index (Phi) is 15.5. The van der Waals surface area contributed by atoms with Crippen molar-refractivity contribution in [2.75, 3.05) is 13.7 Å². The van der Waals surface area contributed by atoms with Crippen LogP contribution in [0.25, 0.3) is 0 Å². The molecule has 1 aliphatic rings. The number of nitrogens with one attached hydrogen (secondary N) is 1. The van der Waals surface area contributed by atoms with Crippen LogP contribution in [0.1, 0.15) is 33.1 Å². The van der Waals surface area contributed by atoms with Gasteiger partial charge in [-0.25, -0.2) is 0 Å². The molecule has 0 spiro atoms. The Hall–Kier alpha value is -0.410. The summed E-state index contributed by atoms with van der Waals surface area (Å²) >= 11 is 0. The summed E-state index contributed by atoms with van der Waals surface area (Å²) in [5.41, 5.74) is 0. The van der Waals surface area contributed by atoms with Crippen molar-refractivity contribution >= 4 is 6.29 Å². The van der Waals surface area contributed by atoms with Crippen molar-refractivity contribution in [3.63, 3.8) is 0 Å². The lowest BCUT2D eigenvalue weighted by Gasteiger charge is -1.93. The summed E-state index contributed by atoms with van der Waals surface area (Å²) in [5, 5.41) is 10.0. The van der Waals surface area contributed by atoms with E-state index in [9.17, 15) is 4.79 Å². The second kappa shape index (κ2) is 13.2. The molecule has 0 aromatic heterocycles. The van der Waals surface area contributed by atoms with E-state index >= 15 is 0 Å². The Bertz CT molecular complexity index is 80.6. The molecule has 0 aliphatic carbocycles. The first kappa shape index (κ1) is 14.1. The number of aldehydes is 1. The minimum absolute atomic E-state index is 0.167. The molecule has 74 valence electrons. The predicted octanol–water partition coefficient (Wildman–Crippen LogP) is 0.962. The lowest BCUT2D eigenvalue weighted by molar-refractivity contribution is -0.109. The van der Waals surface area contributed by atoms with Gasteiger partial charge in [0, 0.05) is 7.11 Å². The van der Waals surface area contributed by atoms with Gasteiger partial charge in [-0.05, 0) is 19.4 Å². The SMILES string of the molecule is CCC.CO.O=CC1CCCN1. The molecule has 0 saturated carbocycles. The third-order valence-electron chi connectivity index (χ3n) is 1.26. The fourth-order valence-corrected chi connectivity index (χ4v) is 0.828. The Labute approximate surface area is 75.2 Å². The number of carbonyl (C=O) groups excluding carboxylic acids is 1. The van der Waals surface area contributed by atoms with Crippen LogP contribution >= 0.6 is 0 Å². The number of hydrogen-bond acceptors (Lipinski definition) is 3. The lowest BCUT2D eigenvalue weighted by atomic mass is 10.2. The number of rotatable bonds is 1. The zero-order valence-corrected chi connectivity index (χ0v) is 8.34. The Balaban J connectivity index is 0. The third kappa shape index (κ3) is 9.59. The summed E-state index contributed by atoms with van der Waals surface area (Å²) in [6.07, 6.45) is 4.42. The molecule has 1 heterocycles. The number of carbonyl (C=O) groups is 1. The standard InChI is InChI=1S/C5H9NO.C3H8.CH4O/c7-4-5-2-1-3-6-5;1-3-2;1-2/h4-6H,1-3H2;3H2,1-2H3;2H,1H3. The summed E-state index contributed by atoms with van der Waals surface area (Å²) in [6, 6.07) is 0.167. The molecular weight excluding hydrogens is 154 g/mol. The van der Waals surface area contributed by atoms with Crippen LogP contribution in [0.5, 0.6) is 0 Å². The largest absolute Gasteiger partial charge is 0.400 e. The summed E-state index contributed by atoms with van der Waals surface area (Å²) in [6.45, 7) is 5.27. The van der Waals surface area contributed by atoms with Gasteiger partial charge in [0.1, 0.15) is 6.29 Å². The van der Waals surface area contributed by atoms with Crippen LogP contribution in [0, 0.1) is 0 Å². The Morgan fingerprint density at radius 2 is 2.00 bits per heavy atom. The number of aliphatic hydroxyl groups is 1. The summed E-state index contributed by atoms with van der Waals surface area (Å²) in [5.74, 6) is 0. The first-order chi connectivity index (χ1) is 5.85. The molecule has 0 aromatic carbocycles. The molecule has 2 N–H and O–H groups in total. The van der Waals surface area contributed by atoms with Crippen molar-refractivity contribution in [3.8, 4) is 0 Å². The van der Waals surface area contributed by atoms with E-state index in [2.05, 4.69) is 19.2 Å². The average molecular weight is 175 g/mol. The average Bonchev–Trinajstić information content (AvgIpc) is 2.61. The lowest BCUT2D eigenvalue weighted by Crippen LogP contribution is -2.21. The van der Waals surface area contributed by atoms with Gasteiger partial charge in [0.25, 0.3) is 0 Å². The quantitative estimate of drug-likeness (QED) is 0.584. The molecule has 3 heteroatoms. The topological polar surface area (TPSA) is 49.3 Å². The van der Waals surface area contributed by atoms with Gasteiger partial charge in [0.15, 0.2) is 0 Å². The molecule has 0 radical (unpaired) electrons. The van der Waals surface area contributed by atoms with Crippen LogP contribution in [-0.2, 0) is 4.79 Å². The highest BCUT2D eigenvalue weighted by molar-refractivity contribution is 5.57. The molecule has 0 amide bonds. The fourth-order valence-electron chi connectivity index (χ4n) is 0.828. The van der Waals surface area contributed by atoms with Crippen LogP contribution < -0.4 is 5.32 Å². The molecule has 1 rings (SSSR count). The second-order valence-electron chi connectivity index (χ2n) is 2.55. The molecule has 1 unspecified atom stereocenters. The number of hydrogen-bond donors (Lipinski definition) is 2. The minimum atomic E-state index is 0.167. The zero-order chi connectivity index (χ0) is 9.82. The third-order valence-corrected chi connectivity index (χ3v) is 1.26. The van der Waals surface area contributed by atoms with Gasteiger partial charge >= 0.3 is 0 Å². The first-order valence-corrected chi connectivity index (χ1v) is 4.48. The monoisotopic (exact) mass is 175 g/mol. The van der Waals surface area contributed by atoms with E-state index in [1.165, 1.54) is 6.42 Å². The summed E-state index contributed by atoms with van der Waals surface area (Å²) in [7, 11) is 1.00. The maximum absolute atomic E-state index is 9.94. The van der Waals surface area contributed by atoms with E-state index in [0.29, 0.717) is 0 Å². The van der Waals surface area contributed by atoms with Crippen molar-refractivity contribution in [1.29, 1.82) is 0 Å². The van der Waals surface area contributed by atoms with Crippen molar-refractivity contribution in [3.05, 3.63) is 0 Å². The maximum atomic E-state index is 9.94. The van der Waals surface area contributed by atoms with E-state index in [1.54, 1.807) is 0 Å². The Morgan fingerprint density at radius 1 is 1.50 bits per heavy atom. The highest BCUT2D eigenvalue weighted by atomic mass is 16.2. The van der Waals surface area contributed by atoms with Crippen LogP contribution in [-0.4, -0.2) is 31.1 Å². The van der Waals surface area contributed by atoms with Gasteiger partial charge < -0.3 is 15.2 Å². The molecule has 12 heavy (non-hydrogen) atoms. The summed E-state index contributed by atoms with van der Waals surface area (Å²) < 4.78 is 0. The van der Waals surface area contributed by atoms with Gasteiger partial charge in [-0.15, -0.1) is 0 Å². The first-order valence-electron chi connectivity index (χ1n) is 4.48. The highest BCUT2D eigenvalue weighted by Gasteiger charge is 2.10. The van der Waals surface area contributed by atoms with Gasteiger partial charge in [-0.1, -0.05) is 20.3 Å². The van der Waals surface area contributed by atoms with Gasteiger partial charge in [-0.3, -0.25) is 0 Å². The number of aliphatic hydroxyl groups excluding tert-OH is 1. The zero-order valence-electron chi connectivity index (χ0n) is 8.34. The minimum Gasteiger partial charge on any atom is -0.400 e. The molecule has 0 aromatic rings. The van der Waals surface area contributed by atoms with E-state index in [0.717, 1.165) is 32.8 Å². The van der Waals surface area contributed by atoms with Crippen molar-refractivity contribution in [2.45, 2.75) is 39.2 Å². The smallest absolute Gasteiger partial charge is 0.136 e. The highest BCUT2D eigenvalue weighted by Crippen LogP contribution is 2.00. The molecule has 3 nitrogen and oxygen atoms in total.